The first-order valence-electron chi connectivity index (χ1n) is 8.09. The lowest BCUT2D eigenvalue weighted by Gasteiger charge is -2.09. The van der Waals surface area contributed by atoms with Crippen molar-refractivity contribution in [1.82, 2.24) is 14.9 Å². The number of nitrogens with zero attached hydrogens (tertiary/aromatic N) is 2. The number of carbonyl (C=O) groups excluding carboxylic acids is 1. The summed E-state index contributed by atoms with van der Waals surface area (Å²) in [5.41, 5.74) is 1.37. The van der Waals surface area contributed by atoms with Crippen LogP contribution in [0.3, 0.4) is 0 Å². The van der Waals surface area contributed by atoms with E-state index in [1.54, 1.807) is 24.3 Å². The number of benzene rings is 1. The molecule has 1 fully saturated rings. The lowest BCUT2D eigenvalue weighted by Crippen LogP contribution is -2.33. The van der Waals surface area contributed by atoms with Gasteiger partial charge in [-0.2, -0.15) is 5.10 Å². The van der Waals surface area contributed by atoms with Crippen molar-refractivity contribution in [2.75, 3.05) is 12.9 Å². The van der Waals surface area contributed by atoms with Crippen molar-refractivity contribution in [2.45, 2.75) is 25.2 Å². The zero-order valence-electron chi connectivity index (χ0n) is 14.1. The van der Waals surface area contributed by atoms with Gasteiger partial charge in [-0.3, -0.25) is 4.79 Å². The third kappa shape index (κ3) is 4.70. The minimum atomic E-state index is -3.82. The molecule has 0 unspecified atom stereocenters. The van der Waals surface area contributed by atoms with Gasteiger partial charge in [0.15, 0.2) is 5.69 Å². The van der Waals surface area contributed by atoms with E-state index in [4.69, 9.17) is 16.3 Å². The van der Waals surface area contributed by atoms with Crippen LogP contribution in [0.4, 0.5) is 0 Å². The molecule has 0 saturated heterocycles. The lowest BCUT2D eigenvalue weighted by atomic mass is 10.2. The molecule has 0 bridgehead atoms. The summed E-state index contributed by atoms with van der Waals surface area (Å²) < 4.78 is 31.6. The third-order valence-corrected chi connectivity index (χ3v) is 5.47. The molecule has 2 aromatic rings. The summed E-state index contributed by atoms with van der Waals surface area (Å²) in [5, 5.41) is 8.39. The summed E-state index contributed by atoms with van der Waals surface area (Å²) in [6, 6.07) is 8.33. The Balaban J connectivity index is 1.66. The predicted octanol–water partition coefficient (Wildman–Crippen LogP) is 2.32. The largest absolute Gasteiger partial charge is 0.495 e. The number of aromatic nitrogens is 2. The Labute approximate surface area is 156 Å². The Hall–Kier alpha value is -2.19. The second-order valence-electron chi connectivity index (χ2n) is 6.09. The van der Waals surface area contributed by atoms with Gasteiger partial charge in [-0.15, -0.1) is 5.10 Å². The number of methoxy groups -OCH3 is 1. The molecule has 1 aliphatic carbocycles. The monoisotopic (exact) mass is 395 g/mol. The number of hydrogen-bond acceptors (Lipinski definition) is 6. The lowest BCUT2D eigenvalue weighted by molar-refractivity contribution is 0.0975. The Kier molecular flexibility index (Phi) is 5.43. The van der Waals surface area contributed by atoms with E-state index in [-0.39, 0.29) is 17.9 Å². The highest BCUT2D eigenvalue weighted by atomic mass is 35.5. The Morgan fingerprint density at radius 2 is 2.08 bits per heavy atom. The third-order valence-electron chi connectivity index (χ3n) is 4.00. The van der Waals surface area contributed by atoms with Crippen molar-refractivity contribution in [2.24, 2.45) is 0 Å². The first kappa shape index (κ1) is 18.6. The van der Waals surface area contributed by atoms with Crippen LogP contribution in [0, 0.1) is 0 Å². The summed E-state index contributed by atoms with van der Waals surface area (Å²) in [5.74, 6) is -0.326. The van der Waals surface area contributed by atoms with Gasteiger partial charge >= 0.3 is 0 Å². The van der Waals surface area contributed by atoms with Crippen molar-refractivity contribution in [3.05, 3.63) is 52.3 Å². The molecule has 1 N–H and O–H groups in total. The highest BCUT2D eigenvalue weighted by Crippen LogP contribution is 2.42. The van der Waals surface area contributed by atoms with Gasteiger partial charge in [0.05, 0.1) is 12.9 Å². The molecule has 26 heavy (non-hydrogen) atoms. The highest BCUT2D eigenvalue weighted by Gasteiger charge is 2.30. The van der Waals surface area contributed by atoms with Crippen LogP contribution in [0.1, 0.15) is 40.5 Å². The Morgan fingerprint density at radius 3 is 2.73 bits per heavy atom. The van der Waals surface area contributed by atoms with Crippen molar-refractivity contribution in [3.8, 4) is 5.75 Å². The van der Waals surface area contributed by atoms with Gasteiger partial charge in [0.25, 0.3) is 5.91 Å². The van der Waals surface area contributed by atoms with E-state index < -0.39 is 15.9 Å². The highest BCUT2D eigenvalue weighted by molar-refractivity contribution is 7.90. The van der Waals surface area contributed by atoms with Gasteiger partial charge in [0.2, 0.25) is 10.0 Å². The Bertz CT molecular complexity index is 929. The van der Waals surface area contributed by atoms with Crippen LogP contribution >= 0.6 is 11.6 Å². The number of aryl methyl sites for hydroxylation is 1. The molecule has 3 rings (SSSR count). The molecule has 9 heteroatoms. The number of ether oxygens (including phenoxy) is 1. The number of halogens is 1. The quantitative estimate of drug-likeness (QED) is 0.772. The molecule has 0 radical (unpaired) electrons. The van der Waals surface area contributed by atoms with Gasteiger partial charge in [0.1, 0.15) is 11.4 Å². The maximum Gasteiger partial charge on any atom is 0.285 e. The molecule has 1 aromatic carbocycles. The van der Waals surface area contributed by atoms with E-state index in [0.717, 1.165) is 18.4 Å². The number of rotatable bonds is 7. The van der Waals surface area contributed by atoms with Crippen LogP contribution in [0.2, 0.25) is 5.02 Å². The van der Waals surface area contributed by atoms with Crippen LogP contribution in [0.15, 0.2) is 30.3 Å². The van der Waals surface area contributed by atoms with Crippen molar-refractivity contribution < 1.29 is 17.9 Å². The van der Waals surface area contributed by atoms with Gasteiger partial charge in [-0.1, -0.05) is 23.7 Å². The number of nitrogens with one attached hydrogen (secondary N) is 1. The van der Waals surface area contributed by atoms with E-state index in [1.807, 2.05) is 4.72 Å². The summed E-state index contributed by atoms with van der Waals surface area (Å²) in [6.07, 6.45) is 2.25. The number of carbonyl (C=O) groups is 1. The molecule has 0 atom stereocenters. The first-order chi connectivity index (χ1) is 12.4. The van der Waals surface area contributed by atoms with Crippen molar-refractivity contribution in [1.29, 1.82) is 0 Å². The van der Waals surface area contributed by atoms with E-state index in [2.05, 4.69) is 10.2 Å². The number of sulfonamides is 1. The molecule has 7 nitrogen and oxygen atoms in total. The zero-order valence-corrected chi connectivity index (χ0v) is 15.7. The Morgan fingerprint density at radius 1 is 1.31 bits per heavy atom. The molecule has 138 valence electrons. The average molecular weight is 396 g/mol. The minimum absolute atomic E-state index is 0.0995. The van der Waals surface area contributed by atoms with Crippen LogP contribution in [-0.2, 0) is 16.4 Å². The van der Waals surface area contributed by atoms with Crippen LogP contribution in [0.5, 0.6) is 5.75 Å². The van der Waals surface area contributed by atoms with Crippen LogP contribution < -0.4 is 9.46 Å². The molecule has 0 spiro atoms. The predicted molar refractivity (Wildman–Crippen MR) is 97.0 cm³/mol. The maximum absolute atomic E-state index is 12.2. The van der Waals surface area contributed by atoms with Gasteiger partial charge in [-0.25, -0.2) is 13.1 Å². The standard InChI is InChI=1S/C17H18ClN3O4S/c1-25-15-10-14(19-20-16(15)12-5-6-12)17(22)21-26(23,24)8-7-11-3-2-4-13(18)9-11/h2-4,9-10,12H,5-8H2,1H3,(H,21,22). The van der Waals surface area contributed by atoms with E-state index in [0.29, 0.717) is 22.4 Å². The summed E-state index contributed by atoms with van der Waals surface area (Å²) in [4.78, 5) is 12.2. The average Bonchev–Trinajstić information content (AvgIpc) is 3.44. The zero-order chi connectivity index (χ0) is 18.7. The van der Waals surface area contributed by atoms with Gasteiger partial charge in [-0.05, 0) is 37.0 Å². The van der Waals surface area contributed by atoms with E-state index in [1.165, 1.54) is 13.2 Å². The van der Waals surface area contributed by atoms with Crippen molar-refractivity contribution >= 4 is 27.5 Å². The fourth-order valence-electron chi connectivity index (χ4n) is 2.49. The molecule has 0 aliphatic heterocycles. The molecule has 1 aliphatic rings. The van der Waals surface area contributed by atoms with E-state index in [9.17, 15) is 13.2 Å². The second-order valence-corrected chi connectivity index (χ2v) is 8.37. The molecular formula is C17H18ClN3O4S. The first-order valence-corrected chi connectivity index (χ1v) is 10.1. The second kappa shape index (κ2) is 7.59. The van der Waals surface area contributed by atoms with Crippen LogP contribution in [-0.4, -0.2) is 37.4 Å². The normalized spacial score (nSPS) is 14.1. The van der Waals surface area contributed by atoms with Crippen LogP contribution in [0.25, 0.3) is 0 Å². The van der Waals surface area contributed by atoms with E-state index >= 15 is 0 Å². The summed E-state index contributed by atoms with van der Waals surface area (Å²) in [6.45, 7) is 0. The summed E-state index contributed by atoms with van der Waals surface area (Å²) in [7, 11) is -2.35. The van der Waals surface area contributed by atoms with Crippen molar-refractivity contribution in [3.63, 3.8) is 0 Å². The molecular weight excluding hydrogens is 378 g/mol. The van der Waals surface area contributed by atoms with Gasteiger partial charge < -0.3 is 4.74 Å². The molecule has 1 amide bonds. The number of hydrogen-bond donors (Lipinski definition) is 1. The number of amides is 1. The topological polar surface area (TPSA) is 98.2 Å². The smallest absolute Gasteiger partial charge is 0.285 e. The SMILES string of the molecule is COc1cc(C(=O)NS(=O)(=O)CCc2cccc(Cl)c2)nnc1C1CC1. The fraction of sp³-hybridized carbons (Fsp3) is 0.353. The maximum atomic E-state index is 12.2. The molecule has 1 heterocycles. The summed E-state index contributed by atoms with van der Waals surface area (Å²) >= 11 is 5.88. The van der Waals surface area contributed by atoms with Gasteiger partial charge in [0, 0.05) is 17.0 Å². The fourth-order valence-corrected chi connectivity index (χ4v) is 3.69. The minimum Gasteiger partial charge on any atom is -0.495 e. The molecule has 1 saturated carbocycles. The molecule has 1 aromatic heterocycles.